The van der Waals surface area contributed by atoms with Gasteiger partial charge in [0.15, 0.2) is 5.01 Å². The van der Waals surface area contributed by atoms with Gasteiger partial charge in [0.25, 0.3) is 5.91 Å². The van der Waals surface area contributed by atoms with Crippen LogP contribution in [0, 0.1) is 18.2 Å². The summed E-state index contributed by atoms with van der Waals surface area (Å²) in [6.45, 7) is 3.56. The lowest BCUT2D eigenvalue weighted by Gasteiger charge is -2.33. The lowest BCUT2D eigenvalue weighted by molar-refractivity contribution is 0.0887. The molecule has 2 aliphatic heterocycles. The third kappa shape index (κ3) is 3.25. The number of likely N-dealkylation sites (N-methyl/N-ethyl adjacent to an activating group) is 1. The van der Waals surface area contributed by atoms with Crippen molar-refractivity contribution in [1.82, 2.24) is 25.5 Å². The monoisotopic (exact) mass is 507 g/mol. The van der Waals surface area contributed by atoms with Crippen molar-refractivity contribution in [3.63, 3.8) is 0 Å². The van der Waals surface area contributed by atoms with Crippen LogP contribution in [0.4, 0.5) is 4.39 Å². The highest BCUT2D eigenvalue weighted by Crippen LogP contribution is 2.72. The summed E-state index contributed by atoms with van der Waals surface area (Å²) in [6.07, 6.45) is 5.89. The Labute approximate surface area is 212 Å². The first-order chi connectivity index (χ1) is 17.3. The lowest BCUT2D eigenvalue weighted by atomic mass is 9.78. The molecule has 36 heavy (non-hydrogen) atoms. The van der Waals surface area contributed by atoms with Gasteiger partial charge in [0, 0.05) is 46.7 Å². The van der Waals surface area contributed by atoms with E-state index in [0.29, 0.717) is 21.8 Å². The molecular formula is C27H30FN5O2S. The zero-order chi connectivity index (χ0) is 24.8. The molecule has 4 heterocycles. The number of carbonyl (C=O) groups excluding carboxylic acids is 2. The fourth-order valence-corrected chi connectivity index (χ4v) is 8.07. The minimum atomic E-state index is -0.286. The van der Waals surface area contributed by atoms with Crippen LogP contribution in [0.5, 0.6) is 0 Å². The van der Waals surface area contributed by atoms with Crippen molar-refractivity contribution >= 4 is 33.9 Å². The largest absolute Gasteiger partial charge is 0.350 e. The van der Waals surface area contributed by atoms with E-state index in [9.17, 15) is 14.0 Å². The summed E-state index contributed by atoms with van der Waals surface area (Å²) < 4.78 is 14.0. The number of thiazole rings is 1. The summed E-state index contributed by atoms with van der Waals surface area (Å²) in [5, 5.41) is 8.29. The van der Waals surface area contributed by atoms with Gasteiger partial charge in [-0.15, -0.1) is 11.3 Å². The molecule has 7 nitrogen and oxygen atoms in total. The number of Topliss-reactive ketones (excluding diaryl/α,β-unsaturated/α-hetero) is 1. The number of H-pyrrole nitrogens is 1. The van der Waals surface area contributed by atoms with Gasteiger partial charge in [0.1, 0.15) is 11.5 Å². The molecule has 9 heteroatoms. The molecule has 2 aromatic heterocycles. The number of halogens is 1. The smallest absolute Gasteiger partial charge is 0.267 e. The third-order valence-corrected chi connectivity index (χ3v) is 10.1. The van der Waals surface area contributed by atoms with Gasteiger partial charge in [-0.2, -0.15) is 0 Å². The van der Waals surface area contributed by atoms with Gasteiger partial charge < -0.3 is 15.2 Å². The van der Waals surface area contributed by atoms with Gasteiger partial charge in [-0.3, -0.25) is 14.9 Å². The van der Waals surface area contributed by atoms with Crippen LogP contribution in [-0.4, -0.2) is 57.8 Å². The van der Waals surface area contributed by atoms with Crippen molar-refractivity contribution in [2.45, 2.75) is 69.6 Å². The molecule has 188 valence electrons. The first-order valence-corrected chi connectivity index (χ1v) is 13.7. The first kappa shape index (κ1) is 22.6. The van der Waals surface area contributed by atoms with Gasteiger partial charge >= 0.3 is 0 Å². The summed E-state index contributed by atoms with van der Waals surface area (Å²) in [6, 6.07) is 4.79. The maximum atomic E-state index is 14.0. The molecule has 3 fully saturated rings. The van der Waals surface area contributed by atoms with Crippen molar-refractivity contribution in [3.05, 3.63) is 50.9 Å². The Balaban J connectivity index is 1.09. The zero-order valence-electron chi connectivity index (χ0n) is 20.5. The van der Waals surface area contributed by atoms with Crippen LogP contribution in [0.3, 0.4) is 0 Å². The van der Waals surface area contributed by atoms with E-state index in [1.807, 2.05) is 0 Å². The highest BCUT2D eigenvalue weighted by Gasteiger charge is 2.83. The average Bonchev–Trinajstić information content (AvgIpc) is 3.57. The van der Waals surface area contributed by atoms with Crippen LogP contribution in [0.1, 0.15) is 68.5 Å². The molecule has 0 bridgehead atoms. The second kappa shape index (κ2) is 7.69. The summed E-state index contributed by atoms with van der Waals surface area (Å²) >= 11 is 1.55. The maximum Gasteiger partial charge on any atom is 0.267 e. The van der Waals surface area contributed by atoms with Crippen LogP contribution in [-0.2, 0) is 13.0 Å². The predicted molar refractivity (Wildman–Crippen MR) is 136 cm³/mol. The number of aromatic nitrogens is 2. The number of ketones is 1. The SMILES string of the molecule is Cc1cc2cc(C(=O)N[C@H]3CCCC[C@]34CC43NC3C(=O)c3nc4c(s3)CN(C)CC4)[nH]c2cc1F. The summed E-state index contributed by atoms with van der Waals surface area (Å²) in [7, 11) is 2.10. The zero-order valence-corrected chi connectivity index (χ0v) is 21.4. The molecule has 1 aromatic carbocycles. The number of nitrogens with zero attached hydrogens (tertiary/aromatic N) is 2. The number of rotatable bonds is 4. The average molecular weight is 508 g/mol. The van der Waals surface area contributed by atoms with E-state index in [1.165, 1.54) is 10.9 Å². The van der Waals surface area contributed by atoms with E-state index >= 15 is 0 Å². The number of fused-ring (bicyclic) bond motifs is 3. The standard InChI is InChI=1S/C27H30FN5O2S/c1-14-9-15-10-19(29-18(15)11-16(14)28)24(35)31-21-5-3-4-7-26(21)13-27(26)23(32-27)22(34)25-30-17-6-8-33(2)12-20(17)36-25/h9-11,21,23,29,32H,3-8,12-13H2,1-2H3,(H,31,35)/t21-,23?,26-,27?/m0/s1. The van der Waals surface area contributed by atoms with Gasteiger partial charge in [-0.1, -0.05) is 12.8 Å². The topological polar surface area (TPSA) is 100 Å². The maximum absolute atomic E-state index is 14.0. The molecule has 0 radical (unpaired) electrons. The quantitative estimate of drug-likeness (QED) is 0.369. The minimum absolute atomic E-state index is 0.00656. The van der Waals surface area contributed by atoms with Crippen LogP contribution in [0.25, 0.3) is 10.9 Å². The fourth-order valence-electron chi connectivity index (χ4n) is 6.92. The number of benzene rings is 1. The highest BCUT2D eigenvalue weighted by molar-refractivity contribution is 7.13. The molecule has 3 aromatic rings. The number of amides is 1. The van der Waals surface area contributed by atoms with Crippen molar-refractivity contribution in [1.29, 1.82) is 0 Å². The number of hydrogen-bond acceptors (Lipinski definition) is 6. The lowest BCUT2D eigenvalue weighted by Crippen LogP contribution is -2.46. The molecule has 2 aliphatic carbocycles. The summed E-state index contributed by atoms with van der Waals surface area (Å²) in [5.41, 5.74) is 2.40. The Morgan fingerprint density at radius 1 is 1.28 bits per heavy atom. The molecule has 2 unspecified atom stereocenters. The van der Waals surface area contributed by atoms with E-state index in [4.69, 9.17) is 4.98 Å². The van der Waals surface area contributed by atoms with Crippen molar-refractivity contribution < 1.29 is 14.0 Å². The van der Waals surface area contributed by atoms with Crippen LogP contribution < -0.4 is 10.6 Å². The van der Waals surface area contributed by atoms with E-state index in [2.05, 4.69) is 27.6 Å². The molecule has 7 rings (SSSR count). The molecule has 4 atom stereocenters. The molecule has 4 aliphatic rings. The predicted octanol–water partition coefficient (Wildman–Crippen LogP) is 3.72. The second-order valence-electron chi connectivity index (χ2n) is 11.3. The van der Waals surface area contributed by atoms with Crippen molar-refractivity contribution in [3.8, 4) is 0 Å². The number of aryl methyl sites for hydroxylation is 1. The third-order valence-electron chi connectivity index (χ3n) is 9.05. The normalized spacial score (nSPS) is 31.1. The second-order valence-corrected chi connectivity index (χ2v) is 12.3. The molecule has 2 spiro atoms. The number of nitrogens with one attached hydrogen (secondary N) is 3. The molecule has 2 saturated carbocycles. The van der Waals surface area contributed by atoms with Crippen LogP contribution >= 0.6 is 11.3 Å². The Morgan fingerprint density at radius 2 is 2.14 bits per heavy atom. The fraction of sp³-hybridized carbons (Fsp3) is 0.519. The summed E-state index contributed by atoms with van der Waals surface area (Å²) in [4.78, 5) is 38.0. The molecule has 1 amide bonds. The van der Waals surface area contributed by atoms with Gasteiger partial charge in [0.05, 0.1) is 17.3 Å². The van der Waals surface area contributed by atoms with E-state index in [1.54, 1.807) is 30.4 Å². The first-order valence-electron chi connectivity index (χ1n) is 12.9. The van der Waals surface area contributed by atoms with Gasteiger partial charge in [-0.05, 0) is 57.0 Å². The number of aromatic amines is 1. The van der Waals surface area contributed by atoms with E-state index < -0.39 is 0 Å². The van der Waals surface area contributed by atoms with Gasteiger partial charge in [0.2, 0.25) is 5.78 Å². The molecule has 1 saturated heterocycles. The Kier molecular flexibility index (Phi) is 4.82. The Bertz CT molecular complexity index is 1390. The molecular weight excluding hydrogens is 477 g/mol. The summed E-state index contributed by atoms with van der Waals surface area (Å²) in [5.74, 6) is -0.346. The number of carbonyl (C=O) groups is 2. The van der Waals surface area contributed by atoms with E-state index in [0.717, 1.165) is 62.7 Å². The van der Waals surface area contributed by atoms with Crippen molar-refractivity contribution in [2.24, 2.45) is 5.41 Å². The highest BCUT2D eigenvalue weighted by atomic mass is 32.1. The minimum Gasteiger partial charge on any atom is -0.350 e. The Morgan fingerprint density at radius 3 is 3.00 bits per heavy atom. The molecule has 3 N–H and O–H groups in total. The van der Waals surface area contributed by atoms with Crippen LogP contribution in [0.2, 0.25) is 0 Å². The van der Waals surface area contributed by atoms with Crippen molar-refractivity contribution in [2.75, 3.05) is 13.6 Å². The van der Waals surface area contributed by atoms with Gasteiger partial charge in [-0.25, -0.2) is 9.37 Å². The number of hydrogen-bond donors (Lipinski definition) is 3. The Hall–Kier alpha value is -2.62. The van der Waals surface area contributed by atoms with Crippen LogP contribution in [0.15, 0.2) is 18.2 Å². The van der Waals surface area contributed by atoms with E-state index in [-0.39, 0.29) is 40.5 Å².